The molecule has 1 heteroatoms. The van der Waals surface area contributed by atoms with E-state index < -0.39 is 0 Å². The van der Waals surface area contributed by atoms with Crippen molar-refractivity contribution in [1.82, 2.24) is 0 Å². The van der Waals surface area contributed by atoms with Crippen LogP contribution >= 0.6 is 0 Å². The Hall–Kier alpha value is -2.41. The first-order valence-corrected chi connectivity index (χ1v) is 10.2. The molecule has 0 saturated heterocycles. The van der Waals surface area contributed by atoms with Crippen LogP contribution in [0.2, 0.25) is 0 Å². The van der Waals surface area contributed by atoms with E-state index in [2.05, 4.69) is 85.4 Å². The lowest BCUT2D eigenvalue weighted by Gasteiger charge is -2.22. The van der Waals surface area contributed by atoms with E-state index in [0.717, 1.165) is 12.3 Å². The maximum atomic E-state index is 9.06. The molecule has 1 heterocycles. The van der Waals surface area contributed by atoms with Crippen LogP contribution < -0.4 is 4.57 Å². The van der Waals surface area contributed by atoms with Crippen molar-refractivity contribution >= 4 is 0 Å². The van der Waals surface area contributed by atoms with Crippen LogP contribution in [-0.4, -0.2) is 0 Å². The van der Waals surface area contributed by atoms with Crippen molar-refractivity contribution in [2.24, 2.45) is 18.9 Å². The molecule has 0 spiro atoms. The average molecular weight is 356 g/mol. The number of rotatable bonds is 3. The highest BCUT2D eigenvalue weighted by Gasteiger charge is 2.39. The van der Waals surface area contributed by atoms with Gasteiger partial charge in [-0.1, -0.05) is 48.9 Å². The predicted octanol–water partition coefficient (Wildman–Crippen LogP) is 6.06. The lowest BCUT2D eigenvalue weighted by molar-refractivity contribution is -0.659. The quantitative estimate of drug-likeness (QED) is 0.503. The molecule has 0 radical (unpaired) electrons. The maximum Gasteiger partial charge on any atom is 0.212 e. The number of aryl methyl sites for hydroxylation is 2. The van der Waals surface area contributed by atoms with Gasteiger partial charge in [-0.3, -0.25) is 0 Å². The molecule has 0 amide bonds. The van der Waals surface area contributed by atoms with Gasteiger partial charge >= 0.3 is 0 Å². The molecule has 2 fully saturated rings. The van der Waals surface area contributed by atoms with Crippen LogP contribution in [0.4, 0.5) is 0 Å². The van der Waals surface area contributed by atoms with E-state index >= 15 is 0 Å². The summed E-state index contributed by atoms with van der Waals surface area (Å²) in [5.41, 5.74) is 7.46. The highest BCUT2D eigenvalue weighted by Crippen LogP contribution is 2.52. The summed E-state index contributed by atoms with van der Waals surface area (Å²) in [6.45, 7) is 2.16. The molecule has 2 aliphatic rings. The second kappa shape index (κ2) is 6.64. The first kappa shape index (κ1) is 15.6. The van der Waals surface area contributed by atoms with Gasteiger partial charge in [0.05, 0.1) is 0 Å². The third-order valence-corrected chi connectivity index (χ3v) is 6.69. The van der Waals surface area contributed by atoms with Crippen molar-refractivity contribution in [3.63, 3.8) is 0 Å². The van der Waals surface area contributed by atoms with Gasteiger partial charge in [-0.25, -0.2) is 4.57 Å². The average Bonchev–Trinajstić information content (AvgIpc) is 3.30. The zero-order chi connectivity index (χ0) is 19.3. The van der Waals surface area contributed by atoms with Gasteiger partial charge in [0.15, 0.2) is 6.20 Å². The van der Waals surface area contributed by atoms with Crippen LogP contribution in [0.5, 0.6) is 0 Å². The van der Waals surface area contributed by atoms with E-state index in [9.17, 15) is 0 Å². The first-order chi connectivity index (χ1) is 13.5. The Morgan fingerprint density at radius 2 is 1.67 bits per heavy atom. The van der Waals surface area contributed by atoms with Crippen LogP contribution in [0.3, 0.4) is 0 Å². The molecule has 5 rings (SSSR count). The normalized spacial score (nSPS) is 27.0. The number of hydrogen-bond acceptors (Lipinski definition) is 0. The SMILES string of the molecule is [2H]C1(c2ccc(-c3ccc(-c4ccccc4C)[n+](C)c3)cc2)CC2CCC1C2. The fraction of sp³-hybridized carbons (Fsp3) is 0.346. The molecule has 1 aromatic heterocycles. The molecule has 2 saturated carbocycles. The Labute approximate surface area is 164 Å². The lowest BCUT2D eigenvalue weighted by atomic mass is 9.83. The van der Waals surface area contributed by atoms with Gasteiger partial charge in [0.1, 0.15) is 7.05 Å². The highest BCUT2D eigenvalue weighted by molar-refractivity contribution is 5.66. The Morgan fingerprint density at radius 1 is 0.889 bits per heavy atom. The van der Waals surface area contributed by atoms with Crippen LogP contribution in [0.1, 0.15) is 44.1 Å². The first-order valence-electron chi connectivity index (χ1n) is 10.7. The number of benzene rings is 2. The largest absolute Gasteiger partial charge is 0.212 e. The molecule has 0 aliphatic heterocycles. The molecular weight excluding hydrogens is 326 g/mol. The van der Waals surface area contributed by atoms with Gasteiger partial charge in [-0.2, -0.15) is 0 Å². The number of hydrogen-bond donors (Lipinski definition) is 0. The summed E-state index contributed by atoms with van der Waals surface area (Å²) in [6.07, 6.45) is 7.11. The Balaban J connectivity index is 1.44. The molecule has 2 bridgehead atoms. The molecule has 3 unspecified atom stereocenters. The van der Waals surface area contributed by atoms with Gasteiger partial charge in [-0.15, -0.1) is 0 Å². The summed E-state index contributed by atoms with van der Waals surface area (Å²) < 4.78 is 11.3. The summed E-state index contributed by atoms with van der Waals surface area (Å²) in [7, 11) is 2.12. The highest BCUT2D eigenvalue weighted by atomic mass is 14.9. The standard InChI is InChI=1S/C26H28N/c1-18-5-3-4-6-24(18)26-14-13-23(17-27(26)2)20-9-11-21(12-10-20)25-16-19-7-8-22(25)15-19/h3-6,9-14,17,19,22,25H,7-8,15-16H2,1-2H3/q+1/i25D. The summed E-state index contributed by atoms with van der Waals surface area (Å²) in [6, 6.07) is 21.8. The van der Waals surface area contributed by atoms with Gasteiger partial charge in [0.25, 0.3) is 0 Å². The van der Waals surface area contributed by atoms with E-state index in [-0.39, 0.29) is 5.89 Å². The van der Waals surface area contributed by atoms with Gasteiger partial charge < -0.3 is 0 Å². The Kier molecular flexibility index (Phi) is 3.84. The van der Waals surface area contributed by atoms with Crippen LogP contribution in [0.25, 0.3) is 22.4 Å². The van der Waals surface area contributed by atoms with Crippen molar-refractivity contribution in [3.05, 3.63) is 78.0 Å². The minimum Gasteiger partial charge on any atom is -0.200 e. The van der Waals surface area contributed by atoms with Gasteiger partial charge in [0, 0.05) is 18.6 Å². The molecule has 3 aromatic rings. The maximum absolute atomic E-state index is 9.06. The summed E-state index contributed by atoms with van der Waals surface area (Å²) in [5.74, 6) is 1.01. The van der Waals surface area contributed by atoms with Crippen LogP contribution in [0, 0.1) is 18.8 Å². The van der Waals surface area contributed by atoms with E-state index in [4.69, 9.17) is 1.37 Å². The van der Waals surface area contributed by atoms with Crippen molar-refractivity contribution in [2.75, 3.05) is 0 Å². The minimum absolute atomic E-state index is 0.346. The van der Waals surface area contributed by atoms with Crippen molar-refractivity contribution in [3.8, 4) is 22.4 Å². The zero-order valence-electron chi connectivity index (χ0n) is 17.3. The zero-order valence-corrected chi connectivity index (χ0v) is 16.3. The molecule has 2 aliphatic carbocycles. The smallest absolute Gasteiger partial charge is 0.200 e. The third kappa shape index (κ3) is 3.00. The van der Waals surface area contributed by atoms with Crippen LogP contribution in [-0.2, 0) is 7.05 Å². The summed E-state index contributed by atoms with van der Waals surface area (Å²) in [5, 5.41) is 0. The van der Waals surface area contributed by atoms with Gasteiger partial charge in [-0.05, 0) is 72.7 Å². The van der Waals surface area contributed by atoms with E-state index in [1.807, 2.05) is 0 Å². The molecule has 3 atom stereocenters. The van der Waals surface area contributed by atoms with Crippen molar-refractivity contribution < 1.29 is 5.94 Å². The molecule has 1 nitrogen and oxygen atoms in total. The third-order valence-electron chi connectivity index (χ3n) is 6.69. The molecule has 27 heavy (non-hydrogen) atoms. The van der Waals surface area contributed by atoms with Gasteiger partial charge in [0.2, 0.25) is 5.69 Å². The van der Waals surface area contributed by atoms with Crippen molar-refractivity contribution in [2.45, 2.75) is 38.5 Å². The predicted molar refractivity (Wildman–Crippen MR) is 111 cm³/mol. The lowest BCUT2D eigenvalue weighted by Crippen LogP contribution is -2.30. The van der Waals surface area contributed by atoms with E-state index in [1.165, 1.54) is 52.8 Å². The number of aromatic nitrogens is 1. The fourth-order valence-corrected chi connectivity index (χ4v) is 5.20. The number of nitrogens with zero attached hydrogens (tertiary/aromatic N) is 1. The minimum atomic E-state index is -0.346. The molecular formula is C26H28N+. The number of fused-ring (bicyclic) bond motifs is 2. The van der Waals surface area contributed by atoms with E-state index in [0.29, 0.717) is 5.92 Å². The Morgan fingerprint density at radius 3 is 2.33 bits per heavy atom. The van der Waals surface area contributed by atoms with Crippen molar-refractivity contribution in [1.29, 1.82) is 0 Å². The fourth-order valence-electron chi connectivity index (χ4n) is 5.20. The van der Waals surface area contributed by atoms with E-state index in [1.54, 1.807) is 0 Å². The monoisotopic (exact) mass is 355 g/mol. The molecule has 136 valence electrons. The molecule has 0 N–H and O–H groups in total. The topological polar surface area (TPSA) is 3.88 Å². The number of pyridine rings is 1. The second-order valence-electron chi connectivity index (χ2n) is 8.41. The van der Waals surface area contributed by atoms with Crippen LogP contribution in [0.15, 0.2) is 66.9 Å². The second-order valence-corrected chi connectivity index (χ2v) is 8.41. The molecule has 2 aromatic carbocycles. The Bertz CT molecular complexity index is 1020. The summed E-state index contributed by atoms with van der Waals surface area (Å²) >= 11 is 0. The summed E-state index contributed by atoms with van der Waals surface area (Å²) in [4.78, 5) is 0.